The Morgan fingerprint density at radius 1 is 1.31 bits per heavy atom. The van der Waals surface area contributed by atoms with Crippen LogP contribution in [0.3, 0.4) is 0 Å². The molecule has 0 spiro atoms. The first-order valence-corrected chi connectivity index (χ1v) is 9.90. The SMILES string of the molecule is N#CC1C(=O)NC(SCc2cccc(CC(=O)O)c2)NC1c1cccs1. The minimum Gasteiger partial charge on any atom is -0.481 e. The first kappa shape index (κ1) is 18.5. The third-order valence-corrected chi connectivity index (χ3v) is 6.01. The summed E-state index contributed by atoms with van der Waals surface area (Å²) in [5, 5.41) is 26.3. The van der Waals surface area contributed by atoms with Gasteiger partial charge in [-0.3, -0.25) is 14.9 Å². The highest BCUT2D eigenvalue weighted by atomic mass is 32.2. The molecule has 0 saturated carbocycles. The Hall–Kier alpha value is -2.34. The van der Waals surface area contributed by atoms with Crippen molar-refractivity contribution in [2.45, 2.75) is 23.7 Å². The zero-order valence-corrected chi connectivity index (χ0v) is 15.3. The lowest BCUT2D eigenvalue weighted by Crippen LogP contribution is -2.55. The van der Waals surface area contributed by atoms with Gasteiger partial charge in [0.15, 0.2) is 0 Å². The van der Waals surface area contributed by atoms with E-state index in [1.807, 2.05) is 35.7 Å². The van der Waals surface area contributed by atoms with E-state index in [1.54, 1.807) is 6.07 Å². The number of rotatable bonds is 6. The van der Waals surface area contributed by atoms with Gasteiger partial charge in [-0.2, -0.15) is 5.26 Å². The number of hydrogen-bond donors (Lipinski definition) is 3. The molecule has 134 valence electrons. The van der Waals surface area contributed by atoms with Gasteiger partial charge < -0.3 is 10.4 Å². The first-order chi connectivity index (χ1) is 12.6. The van der Waals surface area contributed by atoms with Crippen LogP contribution < -0.4 is 10.6 Å². The van der Waals surface area contributed by atoms with Gasteiger partial charge in [-0.15, -0.1) is 23.1 Å². The number of carbonyl (C=O) groups excluding carboxylic acids is 1. The van der Waals surface area contributed by atoms with E-state index in [9.17, 15) is 14.9 Å². The Bertz CT molecular complexity index is 832. The normalized spacial score (nSPS) is 22.4. The lowest BCUT2D eigenvalue weighted by atomic mass is 9.97. The van der Waals surface area contributed by atoms with Crippen molar-refractivity contribution in [1.82, 2.24) is 10.6 Å². The molecule has 1 amide bonds. The van der Waals surface area contributed by atoms with E-state index in [2.05, 4.69) is 16.7 Å². The fraction of sp³-hybridized carbons (Fsp3) is 0.278. The van der Waals surface area contributed by atoms with Gasteiger partial charge in [0.05, 0.1) is 18.5 Å². The van der Waals surface area contributed by atoms with Crippen LogP contribution >= 0.6 is 23.1 Å². The molecule has 1 aromatic carbocycles. The molecule has 26 heavy (non-hydrogen) atoms. The molecule has 8 heteroatoms. The van der Waals surface area contributed by atoms with Gasteiger partial charge in [0.1, 0.15) is 11.4 Å². The molecule has 1 saturated heterocycles. The minimum absolute atomic E-state index is 0.0127. The van der Waals surface area contributed by atoms with E-state index in [1.165, 1.54) is 23.1 Å². The molecule has 6 nitrogen and oxygen atoms in total. The van der Waals surface area contributed by atoms with Crippen LogP contribution in [0.15, 0.2) is 41.8 Å². The van der Waals surface area contributed by atoms with Crippen LogP contribution in [0.4, 0.5) is 0 Å². The number of carbonyl (C=O) groups is 2. The highest BCUT2D eigenvalue weighted by Crippen LogP contribution is 2.31. The van der Waals surface area contributed by atoms with Gasteiger partial charge >= 0.3 is 5.97 Å². The number of nitriles is 1. The molecule has 3 atom stereocenters. The van der Waals surface area contributed by atoms with Gasteiger partial charge in [-0.1, -0.05) is 30.3 Å². The topological polar surface area (TPSA) is 102 Å². The second kappa shape index (κ2) is 8.36. The molecular weight excluding hydrogens is 370 g/mol. The number of benzene rings is 1. The Morgan fingerprint density at radius 2 is 2.12 bits per heavy atom. The van der Waals surface area contributed by atoms with Crippen LogP contribution in [0.5, 0.6) is 0 Å². The van der Waals surface area contributed by atoms with Crippen molar-refractivity contribution in [3.05, 3.63) is 57.8 Å². The summed E-state index contributed by atoms with van der Waals surface area (Å²) in [5.74, 6) is -1.29. The van der Waals surface area contributed by atoms with Crippen LogP contribution in [0.1, 0.15) is 22.0 Å². The fourth-order valence-electron chi connectivity index (χ4n) is 2.79. The van der Waals surface area contributed by atoms with Crippen LogP contribution in [-0.2, 0) is 21.8 Å². The maximum atomic E-state index is 12.3. The molecule has 0 bridgehead atoms. The van der Waals surface area contributed by atoms with Crippen LogP contribution in [0.2, 0.25) is 0 Å². The summed E-state index contributed by atoms with van der Waals surface area (Å²) in [4.78, 5) is 24.1. The Labute approximate surface area is 159 Å². The lowest BCUT2D eigenvalue weighted by Gasteiger charge is -2.33. The predicted molar refractivity (Wildman–Crippen MR) is 100 cm³/mol. The second-order valence-electron chi connectivity index (χ2n) is 5.86. The summed E-state index contributed by atoms with van der Waals surface area (Å²) < 4.78 is 0. The monoisotopic (exact) mass is 387 g/mol. The molecule has 2 aromatic rings. The maximum absolute atomic E-state index is 12.3. The summed E-state index contributed by atoms with van der Waals surface area (Å²) >= 11 is 3.02. The summed E-state index contributed by atoms with van der Waals surface area (Å²) in [6.45, 7) is 0. The summed E-state index contributed by atoms with van der Waals surface area (Å²) in [5.41, 5.74) is 1.42. The maximum Gasteiger partial charge on any atom is 0.307 e. The zero-order chi connectivity index (χ0) is 18.5. The molecule has 3 unspecified atom stereocenters. The Morgan fingerprint density at radius 3 is 2.81 bits per heavy atom. The minimum atomic E-state index is -0.864. The van der Waals surface area contributed by atoms with Gasteiger partial charge in [-0.05, 0) is 22.6 Å². The van der Waals surface area contributed by atoms with Crippen molar-refractivity contribution in [2.75, 3.05) is 0 Å². The molecular formula is C18H17N3O3S2. The average molecular weight is 387 g/mol. The van der Waals surface area contributed by atoms with E-state index in [0.717, 1.165) is 16.0 Å². The van der Waals surface area contributed by atoms with Gasteiger partial charge in [0.25, 0.3) is 0 Å². The molecule has 0 aliphatic carbocycles. The Balaban J connectivity index is 1.66. The molecule has 1 fully saturated rings. The predicted octanol–water partition coefficient (Wildman–Crippen LogP) is 2.49. The number of carboxylic acids is 1. The molecule has 1 aliphatic heterocycles. The third-order valence-electron chi connectivity index (χ3n) is 3.97. The number of aliphatic carboxylic acids is 1. The van der Waals surface area contributed by atoms with Gasteiger partial charge in [-0.25, -0.2) is 0 Å². The second-order valence-corrected chi connectivity index (χ2v) is 7.93. The molecule has 2 heterocycles. The largest absolute Gasteiger partial charge is 0.481 e. The van der Waals surface area contributed by atoms with Crippen LogP contribution in [0, 0.1) is 17.2 Å². The standard InChI is InChI=1S/C18H17N3O3S2/c19-9-13-16(14-5-2-6-25-14)20-18(21-17(13)24)26-10-12-4-1-3-11(7-12)8-15(22)23/h1-7,13,16,18,20H,8,10H2,(H,21,24)(H,22,23). The number of amides is 1. The molecule has 3 rings (SSSR count). The van der Waals surface area contributed by atoms with Crippen molar-refractivity contribution >= 4 is 35.0 Å². The number of thiophene rings is 1. The number of hydrogen-bond acceptors (Lipinski definition) is 6. The molecule has 0 radical (unpaired) electrons. The van der Waals surface area contributed by atoms with Crippen LogP contribution in [-0.4, -0.2) is 22.5 Å². The van der Waals surface area contributed by atoms with E-state index < -0.39 is 11.9 Å². The lowest BCUT2D eigenvalue weighted by molar-refractivity contribution is -0.136. The summed E-state index contributed by atoms with van der Waals surface area (Å²) in [6, 6.07) is 13.0. The van der Waals surface area contributed by atoms with E-state index in [0.29, 0.717) is 5.75 Å². The van der Waals surface area contributed by atoms with Gasteiger partial charge in [0.2, 0.25) is 5.91 Å². The first-order valence-electron chi connectivity index (χ1n) is 7.97. The Kier molecular flexibility index (Phi) is 5.93. The molecule has 1 aliphatic rings. The molecule has 3 N–H and O–H groups in total. The van der Waals surface area contributed by atoms with Crippen molar-refractivity contribution < 1.29 is 14.7 Å². The number of thioether (sulfide) groups is 1. The molecule has 1 aromatic heterocycles. The quantitative estimate of drug-likeness (QED) is 0.704. The third kappa shape index (κ3) is 4.43. The average Bonchev–Trinajstić information content (AvgIpc) is 3.14. The van der Waals surface area contributed by atoms with Crippen molar-refractivity contribution in [3.63, 3.8) is 0 Å². The highest BCUT2D eigenvalue weighted by Gasteiger charge is 2.37. The van der Waals surface area contributed by atoms with Crippen molar-refractivity contribution in [3.8, 4) is 6.07 Å². The zero-order valence-electron chi connectivity index (χ0n) is 13.7. The number of nitrogens with one attached hydrogen (secondary N) is 2. The van der Waals surface area contributed by atoms with Gasteiger partial charge in [0, 0.05) is 10.6 Å². The van der Waals surface area contributed by atoms with Crippen LogP contribution in [0.25, 0.3) is 0 Å². The number of carboxylic acid groups (broad SMARTS) is 1. The van der Waals surface area contributed by atoms with E-state index in [4.69, 9.17) is 5.11 Å². The van der Waals surface area contributed by atoms with Crippen molar-refractivity contribution in [2.24, 2.45) is 5.92 Å². The highest BCUT2D eigenvalue weighted by molar-refractivity contribution is 7.99. The number of nitrogens with zero attached hydrogens (tertiary/aromatic N) is 1. The van der Waals surface area contributed by atoms with E-state index in [-0.39, 0.29) is 23.9 Å². The smallest absolute Gasteiger partial charge is 0.307 e. The van der Waals surface area contributed by atoms with E-state index >= 15 is 0 Å². The summed E-state index contributed by atoms with van der Waals surface area (Å²) in [6.07, 6.45) is -0.0127. The fourth-order valence-corrected chi connectivity index (χ4v) is 4.60. The van der Waals surface area contributed by atoms with Crippen molar-refractivity contribution in [1.29, 1.82) is 5.26 Å². The summed E-state index contributed by atoms with van der Waals surface area (Å²) in [7, 11) is 0.